The Morgan fingerprint density at radius 1 is 1.43 bits per heavy atom. The molecule has 1 N–H and O–H groups in total. The molecule has 7 nitrogen and oxygen atoms in total. The van der Waals surface area contributed by atoms with Gasteiger partial charge in [0.15, 0.2) is 5.76 Å². The van der Waals surface area contributed by atoms with E-state index in [1.165, 1.54) is 19.0 Å². The van der Waals surface area contributed by atoms with Gasteiger partial charge < -0.3 is 14.4 Å². The number of likely N-dealkylation sites (tertiary alicyclic amines) is 1. The van der Waals surface area contributed by atoms with Crippen LogP contribution in [0.15, 0.2) is 16.5 Å². The van der Waals surface area contributed by atoms with Crippen LogP contribution in [0.4, 0.5) is 0 Å². The summed E-state index contributed by atoms with van der Waals surface area (Å²) in [5.74, 6) is 0.623. The molecule has 0 bridgehead atoms. The van der Waals surface area contributed by atoms with Crippen LogP contribution < -0.4 is 0 Å². The largest absolute Gasteiger partial charge is 0.455 e. The number of hydrogen-bond donors (Lipinski definition) is 1. The first-order valence-corrected chi connectivity index (χ1v) is 10.2. The number of aliphatic hydroxyl groups is 1. The molecule has 1 aromatic heterocycles. The number of thioether (sulfide) groups is 1. The van der Waals surface area contributed by atoms with E-state index in [-0.39, 0.29) is 30.5 Å². The van der Waals surface area contributed by atoms with Gasteiger partial charge in [0, 0.05) is 33.1 Å². The number of carbonyl (C=O) groups is 1. The zero-order valence-corrected chi connectivity index (χ0v) is 15.1. The van der Waals surface area contributed by atoms with Crippen LogP contribution in [-0.4, -0.2) is 73.9 Å². The molecular formula is C14H22N2O5S2. The van der Waals surface area contributed by atoms with Crippen molar-refractivity contribution in [1.82, 2.24) is 9.21 Å². The maximum absolute atomic E-state index is 12.4. The molecule has 9 heteroatoms. The molecule has 0 radical (unpaired) electrons. The Bertz CT molecular complexity index is 656. The zero-order valence-electron chi connectivity index (χ0n) is 13.4. The number of aliphatic hydroxyl groups excluding tert-OH is 1. The van der Waals surface area contributed by atoms with Crippen molar-refractivity contribution in [3.8, 4) is 0 Å². The average Bonchev–Trinajstić information content (AvgIpc) is 3.06. The molecule has 1 aromatic rings. The summed E-state index contributed by atoms with van der Waals surface area (Å²) in [4.78, 5) is 13.9. The first kappa shape index (κ1) is 18.3. The van der Waals surface area contributed by atoms with Crippen molar-refractivity contribution in [2.75, 3.05) is 39.2 Å². The van der Waals surface area contributed by atoms with Crippen molar-refractivity contribution < 1.29 is 22.7 Å². The molecule has 0 spiro atoms. The van der Waals surface area contributed by atoms with Gasteiger partial charge in [0.1, 0.15) is 5.76 Å². The summed E-state index contributed by atoms with van der Waals surface area (Å²) in [7, 11) is -0.514. The van der Waals surface area contributed by atoms with Gasteiger partial charge in [0.2, 0.25) is 10.0 Å². The van der Waals surface area contributed by atoms with Gasteiger partial charge in [-0.1, -0.05) is 0 Å². The molecule has 23 heavy (non-hydrogen) atoms. The molecule has 2 atom stereocenters. The smallest absolute Gasteiger partial charge is 0.289 e. The molecule has 2 heterocycles. The predicted octanol–water partition coefficient (Wildman–Crippen LogP) is 0.467. The summed E-state index contributed by atoms with van der Waals surface area (Å²) in [5.41, 5.74) is 0. The third-order valence-corrected chi connectivity index (χ3v) is 6.37. The number of hydrogen-bond acceptors (Lipinski definition) is 6. The summed E-state index contributed by atoms with van der Waals surface area (Å²) < 4.78 is 30.5. The Labute approximate surface area is 140 Å². The summed E-state index contributed by atoms with van der Waals surface area (Å²) in [6.07, 6.45) is 1.09. The quantitative estimate of drug-likeness (QED) is 0.791. The first-order valence-electron chi connectivity index (χ1n) is 7.19. The summed E-state index contributed by atoms with van der Waals surface area (Å²) in [6.45, 7) is 0.316. The molecule has 0 saturated carbocycles. The minimum atomic E-state index is -3.42. The van der Waals surface area contributed by atoms with E-state index in [1.54, 1.807) is 23.9 Å². The standard InChI is InChI=1S/C14H22N2O5S2/c1-15(2)23(19,20)9-10-6-16(7-12(10)17)14(18)13-5-4-11(21-13)8-22-3/h4-5,10,12,17H,6-9H2,1-3H3/t10-,12+/m0/s1. The topological polar surface area (TPSA) is 91.1 Å². The normalized spacial score (nSPS) is 22.0. The highest BCUT2D eigenvalue weighted by Gasteiger charge is 2.38. The van der Waals surface area contributed by atoms with Gasteiger partial charge in [0.25, 0.3) is 5.91 Å². The molecule has 0 unspecified atom stereocenters. The lowest BCUT2D eigenvalue weighted by atomic mass is 10.1. The van der Waals surface area contributed by atoms with E-state index in [0.29, 0.717) is 11.5 Å². The van der Waals surface area contributed by atoms with Crippen LogP contribution >= 0.6 is 11.8 Å². The SMILES string of the molecule is CSCc1ccc(C(=O)N2C[C@@H](CS(=O)(=O)N(C)C)[C@H](O)C2)o1. The fourth-order valence-corrected chi connectivity index (χ4v) is 4.08. The molecule has 1 fully saturated rings. The van der Waals surface area contributed by atoms with E-state index in [0.717, 1.165) is 4.31 Å². The molecule has 1 aliphatic heterocycles. The molecule has 130 valence electrons. The zero-order chi connectivity index (χ0) is 17.2. The number of amides is 1. The second kappa shape index (κ2) is 7.25. The van der Waals surface area contributed by atoms with Crippen LogP contribution in [0.3, 0.4) is 0 Å². The van der Waals surface area contributed by atoms with Crippen molar-refractivity contribution >= 4 is 27.7 Å². The van der Waals surface area contributed by atoms with Crippen molar-refractivity contribution in [3.05, 3.63) is 23.7 Å². The first-order chi connectivity index (χ1) is 10.7. The Kier molecular flexibility index (Phi) is 5.77. The number of sulfonamides is 1. The van der Waals surface area contributed by atoms with Gasteiger partial charge in [0.05, 0.1) is 17.6 Å². The molecule has 1 aliphatic rings. The van der Waals surface area contributed by atoms with Gasteiger partial charge in [-0.05, 0) is 18.4 Å². The van der Waals surface area contributed by atoms with Crippen LogP contribution in [0.25, 0.3) is 0 Å². The second-order valence-corrected chi connectivity index (χ2v) is 8.89. The monoisotopic (exact) mass is 362 g/mol. The van der Waals surface area contributed by atoms with Crippen LogP contribution in [0.5, 0.6) is 0 Å². The molecular weight excluding hydrogens is 340 g/mol. The number of furan rings is 1. The van der Waals surface area contributed by atoms with Crippen LogP contribution in [-0.2, 0) is 15.8 Å². The van der Waals surface area contributed by atoms with Crippen molar-refractivity contribution in [3.63, 3.8) is 0 Å². The summed E-state index contributed by atoms with van der Waals surface area (Å²) in [5, 5.41) is 10.1. The lowest BCUT2D eigenvalue weighted by Gasteiger charge is -2.17. The number of nitrogens with zero attached hydrogens (tertiary/aromatic N) is 2. The van der Waals surface area contributed by atoms with Crippen molar-refractivity contribution in [2.45, 2.75) is 11.9 Å². The Balaban J connectivity index is 2.03. The molecule has 0 aromatic carbocycles. The number of carbonyl (C=O) groups excluding carboxylic acids is 1. The third-order valence-electron chi connectivity index (χ3n) is 3.83. The van der Waals surface area contributed by atoms with E-state index in [4.69, 9.17) is 4.42 Å². The van der Waals surface area contributed by atoms with Crippen molar-refractivity contribution in [2.24, 2.45) is 5.92 Å². The minimum Gasteiger partial charge on any atom is -0.455 e. The highest BCUT2D eigenvalue weighted by Crippen LogP contribution is 2.23. The number of rotatable bonds is 6. The van der Waals surface area contributed by atoms with Crippen molar-refractivity contribution in [1.29, 1.82) is 0 Å². The Morgan fingerprint density at radius 2 is 2.13 bits per heavy atom. The third kappa shape index (κ3) is 4.28. The van der Waals surface area contributed by atoms with E-state index in [9.17, 15) is 18.3 Å². The van der Waals surface area contributed by atoms with Gasteiger partial charge >= 0.3 is 0 Å². The van der Waals surface area contributed by atoms with Gasteiger partial charge in [-0.25, -0.2) is 12.7 Å². The lowest BCUT2D eigenvalue weighted by Crippen LogP contribution is -2.33. The fourth-order valence-electron chi connectivity index (χ4n) is 2.47. The minimum absolute atomic E-state index is 0.116. The summed E-state index contributed by atoms with van der Waals surface area (Å²) >= 11 is 1.59. The van der Waals surface area contributed by atoms with Gasteiger partial charge in [-0.2, -0.15) is 11.8 Å². The molecule has 2 rings (SSSR count). The van der Waals surface area contributed by atoms with Gasteiger partial charge in [-0.3, -0.25) is 4.79 Å². The maximum Gasteiger partial charge on any atom is 0.289 e. The Hall–Kier alpha value is -1.03. The summed E-state index contributed by atoms with van der Waals surface area (Å²) in [6, 6.07) is 3.37. The second-order valence-electron chi connectivity index (χ2n) is 5.80. The van der Waals surface area contributed by atoms with Crippen LogP contribution in [0.1, 0.15) is 16.3 Å². The molecule has 1 saturated heterocycles. The van der Waals surface area contributed by atoms with Gasteiger partial charge in [-0.15, -0.1) is 0 Å². The predicted molar refractivity (Wildman–Crippen MR) is 88.8 cm³/mol. The Morgan fingerprint density at radius 3 is 2.74 bits per heavy atom. The van der Waals surface area contributed by atoms with Crippen LogP contribution in [0.2, 0.25) is 0 Å². The number of β-amino-alcohol motifs (C(OH)–C–C–N with tert-alkyl or cyclic N) is 1. The maximum atomic E-state index is 12.4. The van der Waals surface area contributed by atoms with Crippen LogP contribution in [0, 0.1) is 5.92 Å². The van der Waals surface area contributed by atoms with E-state index in [2.05, 4.69) is 0 Å². The molecule has 1 amide bonds. The van der Waals surface area contributed by atoms with E-state index >= 15 is 0 Å². The average molecular weight is 362 g/mol. The molecule has 0 aliphatic carbocycles. The fraction of sp³-hybridized carbons (Fsp3) is 0.643. The van der Waals surface area contributed by atoms with E-state index < -0.39 is 22.0 Å². The van der Waals surface area contributed by atoms with E-state index in [1.807, 2.05) is 6.26 Å². The highest BCUT2D eigenvalue weighted by atomic mass is 32.2. The lowest BCUT2D eigenvalue weighted by molar-refractivity contribution is 0.0732. The highest BCUT2D eigenvalue weighted by molar-refractivity contribution is 7.97.